The fourth-order valence-electron chi connectivity index (χ4n) is 3.83. The van der Waals surface area contributed by atoms with Crippen LogP contribution in [0.4, 0.5) is 0 Å². The highest BCUT2D eigenvalue weighted by atomic mass is 35.5. The number of piperidine rings is 1. The Bertz CT molecular complexity index is 1000. The van der Waals surface area contributed by atoms with Gasteiger partial charge in [0.05, 0.1) is 22.7 Å². The molecule has 5 nitrogen and oxygen atoms in total. The number of hydrogen-bond donors (Lipinski definition) is 1. The molecule has 0 spiro atoms. The molecule has 1 N–H and O–H groups in total. The minimum Gasteiger partial charge on any atom is -0.496 e. The number of ether oxygens (including phenoxy) is 1. The van der Waals surface area contributed by atoms with Gasteiger partial charge in [0.15, 0.2) is 0 Å². The Labute approximate surface area is 204 Å². The minimum atomic E-state index is -0.302. The average Bonchev–Trinajstić information content (AvgIpc) is 2.78. The van der Waals surface area contributed by atoms with E-state index in [0.717, 1.165) is 5.56 Å². The number of carbonyl (C=O) groups is 2. The molecule has 2 aromatic carbocycles. The van der Waals surface area contributed by atoms with Crippen LogP contribution in [0.25, 0.3) is 0 Å². The number of likely N-dealkylation sites (tertiary alicyclic amines) is 1. The molecule has 3 rings (SSSR count). The van der Waals surface area contributed by atoms with Gasteiger partial charge in [0.2, 0.25) is 5.91 Å². The zero-order valence-electron chi connectivity index (χ0n) is 18.4. The smallest absolute Gasteiger partial charge is 0.257 e. The van der Waals surface area contributed by atoms with E-state index in [9.17, 15) is 9.59 Å². The molecule has 2 amide bonds. The maximum Gasteiger partial charge on any atom is 0.257 e. The van der Waals surface area contributed by atoms with Crippen molar-refractivity contribution in [3.63, 3.8) is 0 Å². The molecule has 0 aromatic heterocycles. The van der Waals surface area contributed by atoms with E-state index in [4.69, 9.17) is 39.5 Å². The third-order valence-corrected chi connectivity index (χ3v) is 6.92. The summed E-state index contributed by atoms with van der Waals surface area (Å²) in [6.45, 7) is 5.58. The highest BCUT2D eigenvalue weighted by Gasteiger charge is 2.30. The molecule has 8 heteroatoms. The summed E-state index contributed by atoms with van der Waals surface area (Å²) >= 11 is 18.2. The number of halogens is 3. The van der Waals surface area contributed by atoms with Crippen molar-refractivity contribution < 1.29 is 14.3 Å². The summed E-state index contributed by atoms with van der Waals surface area (Å²) < 4.78 is 5.30. The van der Waals surface area contributed by atoms with Gasteiger partial charge in [0.25, 0.3) is 5.91 Å². The van der Waals surface area contributed by atoms with Crippen molar-refractivity contribution in [3.05, 3.63) is 62.6 Å². The Morgan fingerprint density at radius 1 is 1.06 bits per heavy atom. The monoisotopic (exact) mass is 496 g/mol. The molecule has 0 radical (unpaired) electrons. The standard InChI is InChI=1S/C24H27Cl3N2O3/c1-24(2,16-4-6-19(26)20(27)12-16)14-28-22(30)15-8-10-29(11-9-15)23(31)18-13-17(25)5-7-21(18)32-3/h4-7,12-13,15H,8-11,14H2,1-3H3,(H,28,30). The first-order valence-electron chi connectivity index (χ1n) is 10.5. The van der Waals surface area contributed by atoms with E-state index in [-0.39, 0.29) is 23.1 Å². The molecule has 32 heavy (non-hydrogen) atoms. The molecule has 0 saturated carbocycles. The van der Waals surface area contributed by atoms with Crippen LogP contribution in [-0.4, -0.2) is 43.5 Å². The Hall–Kier alpha value is -1.95. The van der Waals surface area contributed by atoms with Gasteiger partial charge in [-0.2, -0.15) is 0 Å². The zero-order valence-corrected chi connectivity index (χ0v) is 20.7. The molecular weight excluding hydrogens is 471 g/mol. The van der Waals surface area contributed by atoms with Gasteiger partial charge in [-0.1, -0.05) is 54.7 Å². The minimum absolute atomic E-state index is 0.00516. The van der Waals surface area contributed by atoms with Gasteiger partial charge < -0.3 is 15.0 Å². The Morgan fingerprint density at radius 2 is 1.75 bits per heavy atom. The second-order valence-electron chi connectivity index (χ2n) is 8.64. The lowest BCUT2D eigenvalue weighted by molar-refractivity contribution is -0.126. The van der Waals surface area contributed by atoms with Gasteiger partial charge in [0.1, 0.15) is 5.75 Å². The van der Waals surface area contributed by atoms with Crippen molar-refractivity contribution >= 4 is 46.6 Å². The number of carbonyl (C=O) groups excluding carboxylic acids is 2. The van der Waals surface area contributed by atoms with Gasteiger partial charge in [-0.3, -0.25) is 9.59 Å². The topological polar surface area (TPSA) is 58.6 Å². The zero-order chi connectivity index (χ0) is 23.5. The normalized spacial score (nSPS) is 14.9. The summed E-state index contributed by atoms with van der Waals surface area (Å²) in [5, 5.41) is 4.55. The van der Waals surface area contributed by atoms with Crippen molar-refractivity contribution in [1.29, 1.82) is 0 Å². The van der Waals surface area contributed by atoms with Crippen LogP contribution in [0.15, 0.2) is 36.4 Å². The first-order valence-corrected chi connectivity index (χ1v) is 11.6. The molecule has 0 atom stereocenters. The molecule has 2 aromatic rings. The average molecular weight is 498 g/mol. The van der Waals surface area contributed by atoms with Crippen molar-refractivity contribution in [2.24, 2.45) is 5.92 Å². The van der Waals surface area contributed by atoms with E-state index in [0.29, 0.717) is 58.9 Å². The molecule has 0 bridgehead atoms. The highest BCUT2D eigenvalue weighted by molar-refractivity contribution is 6.42. The number of hydrogen-bond acceptors (Lipinski definition) is 3. The van der Waals surface area contributed by atoms with Crippen molar-refractivity contribution in [2.75, 3.05) is 26.7 Å². The lowest BCUT2D eigenvalue weighted by atomic mass is 9.84. The maximum atomic E-state index is 12.9. The second-order valence-corrected chi connectivity index (χ2v) is 9.89. The molecule has 172 valence electrons. The number of methoxy groups -OCH3 is 1. The molecule has 0 aliphatic carbocycles. The third kappa shape index (κ3) is 5.69. The van der Waals surface area contributed by atoms with E-state index in [1.807, 2.05) is 26.0 Å². The number of benzene rings is 2. The second kappa shape index (κ2) is 10.3. The molecule has 1 aliphatic heterocycles. The predicted molar refractivity (Wildman–Crippen MR) is 129 cm³/mol. The van der Waals surface area contributed by atoms with Crippen LogP contribution in [0.2, 0.25) is 15.1 Å². The Kier molecular flexibility index (Phi) is 7.97. The van der Waals surface area contributed by atoms with Crippen molar-refractivity contribution in [1.82, 2.24) is 10.2 Å². The summed E-state index contributed by atoms with van der Waals surface area (Å²) in [7, 11) is 1.52. The third-order valence-electron chi connectivity index (χ3n) is 5.95. The highest BCUT2D eigenvalue weighted by Crippen LogP contribution is 2.30. The summed E-state index contributed by atoms with van der Waals surface area (Å²) in [6.07, 6.45) is 1.21. The number of nitrogens with one attached hydrogen (secondary N) is 1. The molecule has 1 saturated heterocycles. The van der Waals surface area contributed by atoms with E-state index in [1.165, 1.54) is 7.11 Å². The van der Waals surface area contributed by atoms with Gasteiger partial charge in [0, 0.05) is 36.0 Å². The summed E-state index contributed by atoms with van der Waals surface area (Å²) in [5.74, 6) is 0.225. The molecule has 1 heterocycles. The largest absolute Gasteiger partial charge is 0.496 e. The molecule has 1 aliphatic rings. The lowest BCUT2D eigenvalue weighted by Gasteiger charge is -2.33. The van der Waals surface area contributed by atoms with E-state index in [1.54, 1.807) is 29.2 Å². The van der Waals surface area contributed by atoms with Crippen LogP contribution in [0.1, 0.15) is 42.6 Å². The van der Waals surface area contributed by atoms with Crippen LogP contribution < -0.4 is 10.1 Å². The predicted octanol–water partition coefficient (Wildman–Crippen LogP) is 5.60. The van der Waals surface area contributed by atoms with E-state index >= 15 is 0 Å². The fraction of sp³-hybridized carbons (Fsp3) is 0.417. The Morgan fingerprint density at radius 3 is 2.38 bits per heavy atom. The first-order chi connectivity index (χ1) is 15.1. The van der Waals surface area contributed by atoms with Crippen LogP contribution in [0.3, 0.4) is 0 Å². The maximum absolute atomic E-state index is 12.9. The first kappa shape index (κ1) is 24.7. The van der Waals surface area contributed by atoms with Crippen LogP contribution in [0.5, 0.6) is 5.75 Å². The van der Waals surface area contributed by atoms with Crippen LogP contribution in [-0.2, 0) is 10.2 Å². The summed E-state index contributed by atoms with van der Waals surface area (Å²) in [6, 6.07) is 10.5. The van der Waals surface area contributed by atoms with Gasteiger partial charge >= 0.3 is 0 Å². The van der Waals surface area contributed by atoms with E-state index in [2.05, 4.69) is 5.32 Å². The quantitative estimate of drug-likeness (QED) is 0.565. The summed E-state index contributed by atoms with van der Waals surface area (Å²) in [4.78, 5) is 27.5. The lowest BCUT2D eigenvalue weighted by Crippen LogP contribution is -2.45. The number of amides is 2. The molecular formula is C24H27Cl3N2O3. The Balaban J connectivity index is 1.56. The van der Waals surface area contributed by atoms with Gasteiger partial charge in [-0.15, -0.1) is 0 Å². The fourth-order valence-corrected chi connectivity index (χ4v) is 4.30. The van der Waals surface area contributed by atoms with Gasteiger partial charge in [-0.05, 0) is 48.7 Å². The SMILES string of the molecule is COc1ccc(Cl)cc1C(=O)N1CCC(C(=O)NCC(C)(C)c2ccc(Cl)c(Cl)c2)CC1. The molecule has 0 unspecified atom stereocenters. The number of nitrogens with zero attached hydrogens (tertiary/aromatic N) is 1. The van der Waals surface area contributed by atoms with Crippen molar-refractivity contribution in [3.8, 4) is 5.75 Å². The van der Waals surface area contributed by atoms with Crippen molar-refractivity contribution in [2.45, 2.75) is 32.1 Å². The van der Waals surface area contributed by atoms with Crippen LogP contribution >= 0.6 is 34.8 Å². The summed E-state index contributed by atoms with van der Waals surface area (Å²) in [5.41, 5.74) is 1.14. The van der Waals surface area contributed by atoms with E-state index < -0.39 is 0 Å². The van der Waals surface area contributed by atoms with Gasteiger partial charge in [-0.25, -0.2) is 0 Å². The molecule has 1 fully saturated rings. The number of rotatable bonds is 6. The van der Waals surface area contributed by atoms with Crippen LogP contribution in [0, 0.1) is 5.92 Å².